The molecule has 0 aliphatic rings. The molecule has 110 valence electrons. The fourth-order valence-electron chi connectivity index (χ4n) is 1.81. The molecule has 0 aliphatic carbocycles. The first kappa shape index (κ1) is 14.9. The smallest absolute Gasteiger partial charge is 0.271 e. The predicted octanol–water partition coefficient (Wildman–Crippen LogP) is 0.404. The molecule has 6 nitrogen and oxygen atoms in total. The van der Waals surface area contributed by atoms with Crippen molar-refractivity contribution in [1.82, 2.24) is 15.1 Å². The van der Waals surface area contributed by atoms with Gasteiger partial charge in [-0.25, -0.2) is 4.68 Å². The first-order chi connectivity index (χ1) is 10.2. The van der Waals surface area contributed by atoms with E-state index in [1.165, 1.54) is 16.8 Å². The molecule has 0 saturated carbocycles. The first-order valence-corrected chi connectivity index (χ1v) is 6.72. The quantitative estimate of drug-likeness (QED) is 0.753. The molecule has 1 heterocycles. The van der Waals surface area contributed by atoms with E-state index in [-0.39, 0.29) is 23.8 Å². The summed E-state index contributed by atoms with van der Waals surface area (Å²) in [7, 11) is 0. The number of aliphatic hydroxyl groups is 1. The molecule has 0 spiro atoms. The zero-order valence-corrected chi connectivity index (χ0v) is 11.5. The Labute approximate surface area is 122 Å². The average Bonchev–Trinajstić information content (AvgIpc) is 2.50. The molecule has 0 fully saturated rings. The number of aromatic nitrogens is 2. The minimum atomic E-state index is -0.356. The minimum absolute atomic E-state index is 0.0151. The summed E-state index contributed by atoms with van der Waals surface area (Å²) < 4.78 is 1.26. The van der Waals surface area contributed by atoms with E-state index in [0.29, 0.717) is 19.5 Å². The van der Waals surface area contributed by atoms with Crippen molar-refractivity contribution in [2.75, 3.05) is 13.2 Å². The van der Waals surface area contributed by atoms with Crippen molar-refractivity contribution in [2.24, 2.45) is 0 Å². The zero-order chi connectivity index (χ0) is 15.1. The van der Waals surface area contributed by atoms with Gasteiger partial charge in [-0.2, -0.15) is 5.10 Å². The van der Waals surface area contributed by atoms with Gasteiger partial charge in [0.05, 0.1) is 6.54 Å². The number of amides is 1. The Morgan fingerprint density at radius 1 is 1.19 bits per heavy atom. The van der Waals surface area contributed by atoms with Gasteiger partial charge in [0.2, 0.25) is 0 Å². The lowest BCUT2D eigenvalue weighted by Crippen LogP contribution is -2.30. The standard InChI is InChI=1S/C15H17N3O3/c19-10-4-9-16-15(21)13-7-8-14(20)18(17-13)11-12-5-2-1-3-6-12/h1-3,5-8,19H,4,9-11H2,(H,16,21). The van der Waals surface area contributed by atoms with Crippen LogP contribution < -0.4 is 10.9 Å². The van der Waals surface area contributed by atoms with Crippen LogP contribution in [-0.4, -0.2) is 33.9 Å². The lowest BCUT2D eigenvalue weighted by Gasteiger charge is -2.07. The van der Waals surface area contributed by atoms with Crippen LogP contribution in [0.5, 0.6) is 0 Å². The molecule has 0 saturated heterocycles. The van der Waals surface area contributed by atoms with Gasteiger partial charge in [-0.15, -0.1) is 0 Å². The maximum absolute atomic E-state index is 11.9. The highest BCUT2D eigenvalue weighted by atomic mass is 16.3. The molecule has 0 radical (unpaired) electrons. The van der Waals surface area contributed by atoms with E-state index < -0.39 is 0 Å². The molecule has 2 N–H and O–H groups in total. The highest BCUT2D eigenvalue weighted by molar-refractivity contribution is 5.91. The second-order valence-corrected chi connectivity index (χ2v) is 4.53. The van der Waals surface area contributed by atoms with Crippen LogP contribution in [-0.2, 0) is 6.54 Å². The molecule has 2 aromatic rings. The molecular formula is C15H17N3O3. The summed E-state index contributed by atoms with van der Waals surface area (Å²) in [5, 5.41) is 15.4. The highest BCUT2D eigenvalue weighted by Crippen LogP contribution is 2.00. The second-order valence-electron chi connectivity index (χ2n) is 4.53. The number of hydrogen-bond acceptors (Lipinski definition) is 4. The molecule has 1 amide bonds. The number of rotatable bonds is 6. The van der Waals surface area contributed by atoms with Crippen molar-refractivity contribution < 1.29 is 9.90 Å². The first-order valence-electron chi connectivity index (χ1n) is 6.72. The summed E-state index contributed by atoms with van der Waals surface area (Å²) in [4.78, 5) is 23.7. The van der Waals surface area contributed by atoms with Crippen molar-refractivity contribution in [1.29, 1.82) is 0 Å². The summed E-state index contributed by atoms with van der Waals surface area (Å²) in [5.74, 6) is -0.356. The molecule has 0 bridgehead atoms. The van der Waals surface area contributed by atoms with E-state index in [1.54, 1.807) is 0 Å². The lowest BCUT2D eigenvalue weighted by atomic mass is 10.2. The summed E-state index contributed by atoms with van der Waals surface area (Å²) in [6.45, 7) is 0.702. The molecule has 2 rings (SSSR count). The number of nitrogens with one attached hydrogen (secondary N) is 1. The van der Waals surface area contributed by atoms with Gasteiger partial charge < -0.3 is 10.4 Å². The third kappa shape index (κ3) is 4.25. The van der Waals surface area contributed by atoms with Crippen LogP contribution in [0.4, 0.5) is 0 Å². The van der Waals surface area contributed by atoms with Gasteiger partial charge >= 0.3 is 0 Å². The van der Waals surface area contributed by atoms with Crippen LogP contribution in [0.3, 0.4) is 0 Å². The van der Waals surface area contributed by atoms with Crippen molar-refractivity contribution in [3.63, 3.8) is 0 Å². The SMILES string of the molecule is O=C(NCCCO)c1ccc(=O)n(Cc2ccccc2)n1. The third-order valence-electron chi connectivity index (χ3n) is 2.89. The third-order valence-corrected chi connectivity index (χ3v) is 2.89. The van der Waals surface area contributed by atoms with Gasteiger partial charge in [-0.05, 0) is 18.1 Å². The number of carbonyl (C=O) groups is 1. The predicted molar refractivity (Wildman–Crippen MR) is 78.1 cm³/mol. The van der Waals surface area contributed by atoms with Gasteiger partial charge in [0.15, 0.2) is 0 Å². The van der Waals surface area contributed by atoms with E-state index in [9.17, 15) is 9.59 Å². The zero-order valence-electron chi connectivity index (χ0n) is 11.5. The Kier molecular flexibility index (Phi) is 5.22. The fourth-order valence-corrected chi connectivity index (χ4v) is 1.81. The van der Waals surface area contributed by atoms with E-state index in [1.807, 2.05) is 30.3 Å². The maximum Gasteiger partial charge on any atom is 0.271 e. The van der Waals surface area contributed by atoms with Gasteiger partial charge in [0.1, 0.15) is 5.69 Å². The van der Waals surface area contributed by atoms with Crippen LogP contribution in [0.2, 0.25) is 0 Å². The van der Waals surface area contributed by atoms with Crippen LogP contribution in [0.1, 0.15) is 22.5 Å². The summed E-state index contributed by atoms with van der Waals surface area (Å²) >= 11 is 0. The Morgan fingerprint density at radius 3 is 2.67 bits per heavy atom. The number of carbonyl (C=O) groups excluding carboxylic acids is 1. The van der Waals surface area contributed by atoms with Crippen LogP contribution in [0, 0.1) is 0 Å². The van der Waals surface area contributed by atoms with Crippen LogP contribution in [0.25, 0.3) is 0 Å². The highest BCUT2D eigenvalue weighted by Gasteiger charge is 2.09. The molecule has 0 atom stereocenters. The largest absolute Gasteiger partial charge is 0.396 e. The molecule has 1 aromatic heterocycles. The van der Waals surface area contributed by atoms with Crippen LogP contribution >= 0.6 is 0 Å². The molecular weight excluding hydrogens is 270 g/mol. The lowest BCUT2D eigenvalue weighted by molar-refractivity contribution is 0.0943. The topological polar surface area (TPSA) is 84.2 Å². The molecule has 21 heavy (non-hydrogen) atoms. The van der Waals surface area contributed by atoms with Gasteiger partial charge in [-0.1, -0.05) is 30.3 Å². The second kappa shape index (κ2) is 7.35. The van der Waals surface area contributed by atoms with Crippen molar-refractivity contribution in [2.45, 2.75) is 13.0 Å². The fraction of sp³-hybridized carbons (Fsp3) is 0.267. The normalized spacial score (nSPS) is 10.3. The number of aliphatic hydroxyl groups excluding tert-OH is 1. The Balaban J connectivity index is 2.13. The van der Waals surface area contributed by atoms with E-state index >= 15 is 0 Å². The number of nitrogens with zero attached hydrogens (tertiary/aromatic N) is 2. The van der Waals surface area contributed by atoms with Crippen molar-refractivity contribution in [3.8, 4) is 0 Å². The van der Waals surface area contributed by atoms with E-state index in [0.717, 1.165) is 5.56 Å². The average molecular weight is 287 g/mol. The van der Waals surface area contributed by atoms with E-state index in [2.05, 4.69) is 10.4 Å². The Bertz CT molecular complexity index is 653. The van der Waals surface area contributed by atoms with E-state index in [4.69, 9.17) is 5.11 Å². The van der Waals surface area contributed by atoms with Crippen LogP contribution in [0.15, 0.2) is 47.3 Å². The maximum atomic E-state index is 11.9. The molecule has 6 heteroatoms. The molecule has 0 aliphatic heterocycles. The summed E-state index contributed by atoms with van der Waals surface area (Å²) in [6.07, 6.45) is 0.482. The Morgan fingerprint density at radius 2 is 1.95 bits per heavy atom. The minimum Gasteiger partial charge on any atom is -0.396 e. The summed E-state index contributed by atoms with van der Waals surface area (Å²) in [6, 6.07) is 12.2. The Hall–Kier alpha value is -2.47. The summed E-state index contributed by atoms with van der Waals surface area (Å²) in [5.41, 5.74) is 0.860. The molecule has 1 aromatic carbocycles. The number of hydrogen-bond donors (Lipinski definition) is 2. The molecule has 0 unspecified atom stereocenters. The number of benzene rings is 1. The monoisotopic (exact) mass is 287 g/mol. The van der Waals surface area contributed by atoms with Crippen molar-refractivity contribution >= 4 is 5.91 Å². The van der Waals surface area contributed by atoms with Gasteiger partial charge in [-0.3, -0.25) is 9.59 Å². The van der Waals surface area contributed by atoms with Gasteiger partial charge in [0, 0.05) is 19.2 Å². The van der Waals surface area contributed by atoms with Crippen molar-refractivity contribution in [3.05, 3.63) is 64.1 Å². The van der Waals surface area contributed by atoms with Gasteiger partial charge in [0.25, 0.3) is 11.5 Å².